The van der Waals surface area contributed by atoms with E-state index in [0.717, 1.165) is 11.4 Å². The van der Waals surface area contributed by atoms with E-state index in [1.165, 1.54) is 0 Å². The Morgan fingerprint density at radius 3 is 2.43 bits per heavy atom. The number of hydrogen-bond acceptors (Lipinski definition) is 3. The minimum atomic E-state index is 0.450. The molecule has 0 aliphatic carbocycles. The average Bonchev–Trinajstić information content (AvgIpc) is 2.16. The van der Waals surface area contributed by atoms with Crippen LogP contribution in [0.2, 0.25) is 0 Å². The van der Waals surface area contributed by atoms with Gasteiger partial charge in [-0.25, -0.2) is 0 Å². The van der Waals surface area contributed by atoms with Gasteiger partial charge in [-0.15, -0.1) is 0 Å². The molecule has 0 saturated heterocycles. The lowest BCUT2D eigenvalue weighted by Crippen LogP contribution is -2.11. The van der Waals surface area contributed by atoms with Gasteiger partial charge in [0.15, 0.2) is 0 Å². The van der Waals surface area contributed by atoms with Gasteiger partial charge in [-0.05, 0) is 38.1 Å². The van der Waals surface area contributed by atoms with Gasteiger partial charge in [0.25, 0.3) is 0 Å². The van der Waals surface area contributed by atoms with Gasteiger partial charge in [0, 0.05) is 18.3 Å². The van der Waals surface area contributed by atoms with E-state index in [9.17, 15) is 0 Å². The summed E-state index contributed by atoms with van der Waals surface area (Å²) in [4.78, 5) is 0. The first-order valence-electron chi connectivity index (χ1n) is 4.92. The second-order valence-corrected chi connectivity index (χ2v) is 3.46. The summed E-state index contributed by atoms with van der Waals surface area (Å²) in [6.07, 6.45) is 0. The third kappa shape index (κ3) is 3.66. The van der Waals surface area contributed by atoms with Gasteiger partial charge in [-0.1, -0.05) is 0 Å². The lowest BCUT2D eigenvalue weighted by molar-refractivity contribution is 0.328. The molecule has 0 fully saturated rings. The van der Waals surface area contributed by atoms with Crippen molar-refractivity contribution in [3.05, 3.63) is 24.3 Å². The molecule has 0 unspecified atom stereocenters. The zero-order valence-corrected chi connectivity index (χ0v) is 8.79. The molecule has 0 heterocycles. The van der Waals surface area contributed by atoms with Crippen LogP contribution in [0, 0.1) is 0 Å². The van der Waals surface area contributed by atoms with Crippen LogP contribution in [0.1, 0.15) is 13.8 Å². The van der Waals surface area contributed by atoms with Crippen molar-refractivity contribution in [1.29, 1.82) is 0 Å². The Kier molecular flexibility index (Phi) is 4.26. The number of anilines is 1. The molecule has 0 spiro atoms. The molecular weight excluding hydrogens is 176 g/mol. The lowest BCUT2D eigenvalue weighted by atomic mass is 10.2. The van der Waals surface area contributed by atoms with Gasteiger partial charge >= 0.3 is 0 Å². The van der Waals surface area contributed by atoms with Crippen molar-refractivity contribution in [3.63, 3.8) is 0 Å². The normalized spacial score (nSPS) is 10.3. The standard InChI is InChI=1S/C11H18N2O/c1-9(2)13-10-3-5-11(6-4-10)14-8-7-12/h3-6,9,13H,7-8,12H2,1-2H3. The Labute approximate surface area is 85.3 Å². The van der Waals surface area contributed by atoms with Crippen LogP contribution >= 0.6 is 0 Å². The molecule has 0 aromatic heterocycles. The highest BCUT2D eigenvalue weighted by atomic mass is 16.5. The Hall–Kier alpha value is -1.22. The van der Waals surface area contributed by atoms with Gasteiger partial charge in [0.2, 0.25) is 0 Å². The van der Waals surface area contributed by atoms with E-state index in [2.05, 4.69) is 19.2 Å². The van der Waals surface area contributed by atoms with Crippen molar-refractivity contribution < 1.29 is 4.74 Å². The largest absolute Gasteiger partial charge is 0.492 e. The van der Waals surface area contributed by atoms with Gasteiger partial charge in [-0.3, -0.25) is 0 Å². The summed E-state index contributed by atoms with van der Waals surface area (Å²) < 4.78 is 5.36. The molecule has 1 aromatic carbocycles. The molecule has 0 aliphatic rings. The molecular formula is C11H18N2O. The number of rotatable bonds is 5. The highest BCUT2D eigenvalue weighted by Gasteiger charge is 1.96. The highest BCUT2D eigenvalue weighted by molar-refractivity contribution is 5.46. The predicted octanol–water partition coefficient (Wildman–Crippen LogP) is 1.84. The minimum absolute atomic E-state index is 0.450. The summed E-state index contributed by atoms with van der Waals surface area (Å²) in [7, 11) is 0. The molecule has 3 nitrogen and oxygen atoms in total. The van der Waals surface area contributed by atoms with E-state index in [0.29, 0.717) is 19.2 Å². The van der Waals surface area contributed by atoms with Crippen molar-refractivity contribution in [2.24, 2.45) is 5.73 Å². The van der Waals surface area contributed by atoms with Crippen LogP contribution in [-0.2, 0) is 0 Å². The van der Waals surface area contributed by atoms with Crippen molar-refractivity contribution in [1.82, 2.24) is 0 Å². The fourth-order valence-corrected chi connectivity index (χ4v) is 1.16. The molecule has 0 radical (unpaired) electrons. The number of hydrogen-bond donors (Lipinski definition) is 2. The Morgan fingerprint density at radius 1 is 1.29 bits per heavy atom. The highest BCUT2D eigenvalue weighted by Crippen LogP contribution is 2.15. The zero-order valence-electron chi connectivity index (χ0n) is 8.79. The van der Waals surface area contributed by atoms with E-state index in [-0.39, 0.29) is 0 Å². The SMILES string of the molecule is CC(C)Nc1ccc(OCCN)cc1. The molecule has 0 amide bonds. The van der Waals surface area contributed by atoms with Gasteiger partial charge in [-0.2, -0.15) is 0 Å². The fourth-order valence-electron chi connectivity index (χ4n) is 1.16. The van der Waals surface area contributed by atoms with Crippen LogP contribution < -0.4 is 15.8 Å². The van der Waals surface area contributed by atoms with Crippen molar-refractivity contribution in [3.8, 4) is 5.75 Å². The number of ether oxygens (including phenoxy) is 1. The molecule has 1 aromatic rings. The summed E-state index contributed by atoms with van der Waals surface area (Å²) in [6, 6.07) is 8.35. The molecule has 14 heavy (non-hydrogen) atoms. The molecule has 3 heteroatoms. The van der Waals surface area contributed by atoms with E-state index in [1.807, 2.05) is 24.3 Å². The Bertz CT molecular complexity index is 256. The molecule has 1 rings (SSSR count). The van der Waals surface area contributed by atoms with E-state index < -0.39 is 0 Å². The van der Waals surface area contributed by atoms with Crippen molar-refractivity contribution in [2.75, 3.05) is 18.5 Å². The van der Waals surface area contributed by atoms with Crippen LogP contribution in [0.25, 0.3) is 0 Å². The number of benzene rings is 1. The van der Waals surface area contributed by atoms with Gasteiger partial charge in [0.05, 0.1) is 0 Å². The molecule has 3 N–H and O–H groups in total. The maximum absolute atomic E-state index is 5.36. The summed E-state index contributed by atoms with van der Waals surface area (Å²) in [6.45, 7) is 5.33. The van der Waals surface area contributed by atoms with Crippen LogP contribution in [0.3, 0.4) is 0 Å². The second-order valence-electron chi connectivity index (χ2n) is 3.46. The van der Waals surface area contributed by atoms with Crippen LogP contribution in [0.15, 0.2) is 24.3 Å². The van der Waals surface area contributed by atoms with E-state index in [1.54, 1.807) is 0 Å². The van der Waals surface area contributed by atoms with Crippen LogP contribution in [0.5, 0.6) is 5.75 Å². The monoisotopic (exact) mass is 194 g/mol. The molecule has 0 bridgehead atoms. The maximum Gasteiger partial charge on any atom is 0.119 e. The molecule has 0 saturated carbocycles. The summed E-state index contributed by atoms with van der Waals surface area (Å²) in [5.41, 5.74) is 6.45. The quantitative estimate of drug-likeness (QED) is 0.752. The van der Waals surface area contributed by atoms with Crippen molar-refractivity contribution >= 4 is 5.69 Å². The topological polar surface area (TPSA) is 47.3 Å². The van der Waals surface area contributed by atoms with E-state index in [4.69, 9.17) is 10.5 Å². The molecule has 0 aliphatic heterocycles. The van der Waals surface area contributed by atoms with Gasteiger partial charge in [0.1, 0.15) is 12.4 Å². The lowest BCUT2D eigenvalue weighted by Gasteiger charge is -2.10. The van der Waals surface area contributed by atoms with Gasteiger partial charge < -0.3 is 15.8 Å². The molecule has 78 valence electrons. The fraction of sp³-hybridized carbons (Fsp3) is 0.455. The Morgan fingerprint density at radius 2 is 1.93 bits per heavy atom. The summed E-state index contributed by atoms with van der Waals surface area (Å²) in [5.74, 6) is 0.866. The van der Waals surface area contributed by atoms with Crippen LogP contribution in [-0.4, -0.2) is 19.2 Å². The third-order valence-corrected chi connectivity index (χ3v) is 1.70. The van der Waals surface area contributed by atoms with E-state index >= 15 is 0 Å². The number of nitrogens with one attached hydrogen (secondary N) is 1. The molecule has 0 atom stereocenters. The Balaban J connectivity index is 2.50. The number of nitrogens with two attached hydrogens (primary N) is 1. The predicted molar refractivity (Wildman–Crippen MR) is 59.8 cm³/mol. The average molecular weight is 194 g/mol. The first-order chi connectivity index (χ1) is 6.72. The first kappa shape index (κ1) is 10.9. The minimum Gasteiger partial charge on any atom is -0.492 e. The zero-order chi connectivity index (χ0) is 10.4. The maximum atomic E-state index is 5.36. The summed E-state index contributed by atoms with van der Waals surface area (Å²) in [5, 5.41) is 3.31. The first-order valence-corrected chi connectivity index (χ1v) is 4.92. The third-order valence-electron chi connectivity index (χ3n) is 1.70. The summed E-state index contributed by atoms with van der Waals surface area (Å²) >= 11 is 0. The van der Waals surface area contributed by atoms with Crippen LogP contribution in [0.4, 0.5) is 5.69 Å². The smallest absolute Gasteiger partial charge is 0.119 e. The van der Waals surface area contributed by atoms with Crippen molar-refractivity contribution in [2.45, 2.75) is 19.9 Å². The second kappa shape index (κ2) is 5.50.